The molecule has 0 unspecified atom stereocenters. The van der Waals surface area contributed by atoms with E-state index < -0.39 is 10.0 Å². The van der Waals surface area contributed by atoms with Crippen LogP contribution in [0, 0.1) is 0 Å². The van der Waals surface area contributed by atoms with Crippen molar-refractivity contribution in [3.05, 3.63) is 59.8 Å². The van der Waals surface area contributed by atoms with E-state index in [1.54, 1.807) is 18.2 Å². The van der Waals surface area contributed by atoms with Crippen LogP contribution in [0.15, 0.2) is 53.4 Å². The van der Waals surface area contributed by atoms with Crippen molar-refractivity contribution >= 4 is 45.3 Å². The number of nitrogens with one attached hydrogen (secondary N) is 2. The molecule has 0 bridgehead atoms. The first-order valence-corrected chi connectivity index (χ1v) is 13.0. The van der Waals surface area contributed by atoms with Crippen molar-refractivity contribution in [2.45, 2.75) is 24.2 Å². The molecule has 5 rings (SSSR count). The molecule has 1 saturated heterocycles. The third-order valence-electron chi connectivity index (χ3n) is 5.88. The molecule has 0 radical (unpaired) electrons. The summed E-state index contributed by atoms with van der Waals surface area (Å²) in [5.41, 5.74) is 4.40. The maximum Gasteiger partial charge on any atom is 0.290 e. The van der Waals surface area contributed by atoms with E-state index in [1.807, 2.05) is 12.1 Å². The SMILES string of the molecule is NS(=O)(=O)c1ccccc1Nc1nc(Nc2ccc(N3CCOCC3)cc2)nc2c1CCC2.O=CO. The molecule has 0 amide bonds. The standard InChI is InChI=1S/C23H26N6O3S.CH2O2/c24-33(30,31)21-7-2-1-5-20(21)26-22-18-4-3-6-19(18)27-23(28-22)25-16-8-10-17(11-9-16)29-12-14-32-15-13-29;2-1-3/h1-2,5,7-11H,3-4,6,12-15H2,(H2,24,30,31)(H2,25,26,27,28);1H,(H,2,3). The number of benzene rings is 2. The highest BCUT2D eigenvalue weighted by Crippen LogP contribution is 2.32. The second-order valence-electron chi connectivity index (χ2n) is 8.22. The minimum absolute atomic E-state index is 0.0311. The third-order valence-corrected chi connectivity index (χ3v) is 6.85. The average molecular weight is 513 g/mol. The van der Waals surface area contributed by atoms with E-state index in [2.05, 4.69) is 32.7 Å². The molecule has 2 aliphatic rings. The second kappa shape index (κ2) is 11.3. The lowest BCUT2D eigenvalue weighted by molar-refractivity contribution is -0.122. The Balaban J connectivity index is 0.000000967. The number of morpholine rings is 1. The molecule has 1 aliphatic carbocycles. The van der Waals surface area contributed by atoms with Crippen LogP contribution in [0.2, 0.25) is 0 Å². The molecule has 11 nitrogen and oxygen atoms in total. The molecule has 1 fully saturated rings. The van der Waals surface area contributed by atoms with Gasteiger partial charge < -0.3 is 25.4 Å². The van der Waals surface area contributed by atoms with E-state index in [0.717, 1.165) is 68.2 Å². The van der Waals surface area contributed by atoms with E-state index in [1.165, 1.54) is 6.07 Å². The molecule has 190 valence electrons. The van der Waals surface area contributed by atoms with Crippen LogP contribution < -0.4 is 20.7 Å². The summed E-state index contributed by atoms with van der Waals surface area (Å²) >= 11 is 0. The summed E-state index contributed by atoms with van der Waals surface area (Å²) in [6.07, 6.45) is 2.67. The number of aromatic nitrogens is 2. The number of carbonyl (C=O) groups is 1. The van der Waals surface area contributed by atoms with Gasteiger partial charge in [-0.15, -0.1) is 0 Å². The summed E-state index contributed by atoms with van der Waals surface area (Å²) in [6, 6.07) is 14.7. The smallest absolute Gasteiger partial charge is 0.290 e. The van der Waals surface area contributed by atoms with Gasteiger partial charge in [-0.2, -0.15) is 4.98 Å². The highest BCUT2D eigenvalue weighted by atomic mass is 32.2. The van der Waals surface area contributed by atoms with Gasteiger partial charge in [-0.3, -0.25) is 4.79 Å². The van der Waals surface area contributed by atoms with Crippen molar-refractivity contribution in [1.82, 2.24) is 9.97 Å². The van der Waals surface area contributed by atoms with Crippen molar-refractivity contribution in [1.29, 1.82) is 0 Å². The van der Waals surface area contributed by atoms with E-state index in [4.69, 9.17) is 24.8 Å². The van der Waals surface area contributed by atoms with Gasteiger partial charge in [0.15, 0.2) is 0 Å². The van der Waals surface area contributed by atoms with Gasteiger partial charge in [0.1, 0.15) is 10.7 Å². The van der Waals surface area contributed by atoms with Crippen LogP contribution in [-0.2, 0) is 32.4 Å². The summed E-state index contributed by atoms with van der Waals surface area (Å²) in [5, 5.41) is 18.8. The van der Waals surface area contributed by atoms with Crippen LogP contribution in [0.1, 0.15) is 17.7 Å². The van der Waals surface area contributed by atoms with Gasteiger partial charge in [0.2, 0.25) is 16.0 Å². The maximum atomic E-state index is 12.0. The minimum Gasteiger partial charge on any atom is -0.483 e. The maximum absolute atomic E-state index is 12.0. The number of hydrogen-bond acceptors (Lipinski definition) is 9. The number of nitrogens with two attached hydrogens (primary N) is 1. The van der Waals surface area contributed by atoms with Crippen LogP contribution in [0.25, 0.3) is 0 Å². The normalized spacial score (nSPS) is 14.9. The Hall–Kier alpha value is -3.74. The monoisotopic (exact) mass is 512 g/mol. The predicted molar refractivity (Wildman–Crippen MR) is 137 cm³/mol. The molecule has 1 aliphatic heterocycles. The first kappa shape index (κ1) is 25.4. The zero-order valence-corrected chi connectivity index (χ0v) is 20.4. The van der Waals surface area contributed by atoms with E-state index in [-0.39, 0.29) is 11.4 Å². The molecule has 2 heterocycles. The predicted octanol–water partition coefficient (Wildman–Crippen LogP) is 2.64. The van der Waals surface area contributed by atoms with Gasteiger partial charge in [-0.1, -0.05) is 12.1 Å². The van der Waals surface area contributed by atoms with Gasteiger partial charge in [-0.25, -0.2) is 18.5 Å². The van der Waals surface area contributed by atoms with Crippen LogP contribution in [0.4, 0.5) is 28.8 Å². The van der Waals surface area contributed by atoms with Crippen LogP contribution in [0.5, 0.6) is 0 Å². The number of nitrogens with zero attached hydrogens (tertiary/aromatic N) is 3. The number of sulfonamides is 1. The molecular weight excluding hydrogens is 484 g/mol. The molecule has 2 aromatic carbocycles. The quantitative estimate of drug-likeness (QED) is 0.362. The van der Waals surface area contributed by atoms with Gasteiger partial charge in [0.05, 0.1) is 24.6 Å². The summed E-state index contributed by atoms with van der Waals surface area (Å²) in [6.45, 7) is 3.01. The zero-order valence-electron chi connectivity index (χ0n) is 19.6. The number of hydrogen-bond donors (Lipinski definition) is 4. The van der Waals surface area contributed by atoms with Crippen LogP contribution in [0.3, 0.4) is 0 Å². The highest BCUT2D eigenvalue weighted by molar-refractivity contribution is 7.89. The Labute approximate surface area is 209 Å². The second-order valence-corrected chi connectivity index (χ2v) is 9.75. The summed E-state index contributed by atoms with van der Waals surface area (Å²) < 4.78 is 29.4. The van der Waals surface area contributed by atoms with Crippen molar-refractivity contribution in [2.24, 2.45) is 5.14 Å². The van der Waals surface area contributed by atoms with Gasteiger partial charge >= 0.3 is 0 Å². The topological polar surface area (TPSA) is 160 Å². The Morgan fingerprint density at radius 1 is 1.00 bits per heavy atom. The minimum atomic E-state index is -3.87. The molecule has 0 atom stereocenters. The molecule has 1 aromatic heterocycles. The van der Waals surface area contributed by atoms with Crippen molar-refractivity contribution in [2.75, 3.05) is 41.8 Å². The van der Waals surface area contributed by atoms with Crippen molar-refractivity contribution < 1.29 is 23.1 Å². The molecule has 12 heteroatoms. The number of fused-ring (bicyclic) bond motifs is 1. The molecule has 3 aromatic rings. The molecule has 0 saturated carbocycles. The fourth-order valence-corrected chi connectivity index (χ4v) is 4.94. The lowest BCUT2D eigenvalue weighted by atomic mass is 10.2. The summed E-state index contributed by atoms with van der Waals surface area (Å²) in [5.74, 6) is 1.06. The van der Waals surface area contributed by atoms with E-state index >= 15 is 0 Å². The van der Waals surface area contributed by atoms with E-state index in [0.29, 0.717) is 17.5 Å². The van der Waals surface area contributed by atoms with Crippen LogP contribution >= 0.6 is 0 Å². The summed E-state index contributed by atoms with van der Waals surface area (Å²) in [7, 11) is -3.87. The third kappa shape index (κ3) is 6.08. The Bertz CT molecular complexity index is 1310. The molecule has 0 spiro atoms. The lowest BCUT2D eigenvalue weighted by Gasteiger charge is -2.28. The number of carboxylic acid groups (broad SMARTS) is 1. The summed E-state index contributed by atoms with van der Waals surface area (Å²) in [4.78, 5) is 20.1. The van der Waals surface area contributed by atoms with Crippen molar-refractivity contribution in [3.8, 4) is 0 Å². The van der Waals surface area contributed by atoms with Crippen LogP contribution in [-0.4, -0.2) is 56.3 Å². The number of para-hydroxylation sites is 1. The fourth-order valence-electron chi connectivity index (χ4n) is 4.24. The van der Waals surface area contributed by atoms with Crippen molar-refractivity contribution in [3.63, 3.8) is 0 Å². The van der Waals surface area contributed by atoms with Gasteiger partial charge in [0, 0.05) is 30.0 Å². The first-order chi connectivity index (χ1) is 17.4. The van der Waals surface area contributed by atoms with Gasteiger partial charge in [0.25, 0.3) is 6.47 Å². The average Bonchev–Trinajstić information content (AvgIpc) is 3.34. The number of anilines is 5. The van der Waals surface area contributed by atoms with Gasteiger partial charge in [-0.05, 0) is 55.7 Å². The molecule has 5 N–H and O–H groups in total. The fraction of sp³-hybridized carbons (Fsp3) is 0.292. The first-order valence-electron chi connectivity index (χ1n) is 11.5. The highest BCUT2D eigenvalue weighted by Gasteiger charge is 2.22. The number of aryl methyl sites for hydroxylation is 1. The Morgan fingerprint density at radius 2 is 1.69 bits per heavy atom. The Kier molecular flexibility index (Phi) is 7.98. The number of ether oxygens (including phenoxy) is 1. The largest absolute Gasteiger partial charge is 0.483 e. The number of primary sulfonamides is 1. The number of rotatable bonds is 6. The Morgan fingerprint density at radius 3 is 2.39 bits per heavy atom. The molecule has 36 heavy (non-hydrogen) atoms. The lowest BCUT2D eigenvalue weighted by Crippen LogP contribution is -2.36. The zero-order chi connectivity index (χ0) is 25.5. The van der Waals surface area contributed by atoms with E-state index in [9.17, 15) is 8.42 Å². The molecular formula is C24H28N6O5S.